The molecule has 0 bridgehead atoms. The number of carbonyl (C=O) groups excluding carboxylic acids is 1. The Bertz CT molecular complexity index is 949. The molecule has 1 amide bonds. The Hall–Kier alpha value is -2.67. The number of aromatic nitrogens is 2. The summed E-state index contributed by atoms with van der Waals surface area (Å²) in [6.07, 6.45) is 2.35. The second kappa shape index (κ2) is 6.45. The fraction of sp³-hybridized carbons (Fsp3) is 0.118. The van der Waals surface area contributed by atoms with Crippen molar-refractivity contribution in [3.05, 3.63) is 64.0 Å². The lowest BCUT2D eigenvalue weighted by molar-refractivity contribution is 0.0698. The van der Waals surface area contributed by atoms with Crippen molar-refractivity contribution in [2.75, 3.05) is 5.32 Å². The second-order valence-electron chi connectivity index (χ2n) is 5.14. The molecule has 2 N–H and O–H groups in total. The number of aryl methyl sites for hydroxylation is 1. The first-order chi connectivity index (χ1) is 11.5. The van der Waals surface area contributed by atoms with Crippen LogP contribution in [0, 0.1) is 0 Å². The maximum Gasteiger partial charge on any atom is 0.337 e. The fourth-order valence-corrected chi connectivity index (χ4v) is 2.85. The number of aromatic carboxylic acids is 1. The van der Waals surface area contributed by atoms with Gasteiger partial charge in [-0.05, 0) is 46.6 Å². The monoisotopic (exact) mass is 387 g/mol. The number of rotatable bonds is 4. The number of carboxylic acid groups (broad SMARTS) is 1. The molecule has 1 aromatic carbocycles. The molecule has 0 saturated carbocycles. The van der Waals surface area contributed by atoms with Gasteiger partial charge in [0.1, 0.15) is 11.3 Å². The molecule has 2 heterocycles. The van der Waals surface area contributed by atoms with E-state index in [2.05, 4.69) is 26.2 Å². The first-order valence-corrected chi connectivity index (χ1v) is 8.10. The molecule has 0 aliphatic rings. The van der Waals surface area contributed by atoms with Crippen LogP contribution in [-0.4, -0.2) is 26.4 Å². The molecule has 122 valence electrons. The lowest BCUT2D eigenvalue weighted by atomic mass is 10.1. The number of hydrogen-bond acceptors (Lipinski definition) is 3. The number of amides is 1. The predicted molar refractivity (Wildman–Crippen MR) is 93.6 cm³/mol. The minimum absolute atomic E-state index is 0.0406. The van der Waals surface area contributed by atoms with Crippen molar-refractivity contribution in [3.8, 4) is 0 Å². The van der Waals surface area contributed by atoms with Crippen molar-refractivity contribution in [1.29, 1.82) is 0 Å². The van der Waals surface area contributed by atoms with Crippen molar-refractivity contribution < 1.29 is 14.7 Å². The molecule has 0 saturated heterocycles. The van der Waals surface area contributed by atoms with Gasteiger partial charge in [0, 0.05) is 10.7 Å². The Morgan fingerprint density at radius 1 is 1.25 bits per heavy atom. The quantitative estimate of drug-likeness (QED) is 0.715. The van der Waals surface area contributed by atoms with Crippen molar-refractivity contribution in [2.45, 2.75) is 13.3 Å². The number of fused-ring (bicyclic) bond motifs is 1. The molecule has 7 heteroatoms. The zero-order valence-electron chi connectivity index (χ0n) is 12.8. The van der Waals surface area contributed by atoms with E-state index in [1.165, 1.54) is 6.07 Å². The first kappa shape index (κ1) is 16.2. The van der Waals surface area contributed by atoms with E-state index >= 15 is 0 Å². The molecule has 6 nitrogen and oxygen atoms in total. The van der Waals surface area contributed by atoms with Crippen molar-refractivity contribution in [2.24, 2.45) is 0 Å². The topological polar surface area (TPSA) is 83.7 Å². The van der Waals surface area contributed by atoms with Gasteiger partial charge in [0.05, 0.1) is 16.9 Å². The van der Waals surface area contributed by atoms with Gasteiger partial charge in [0.15, 0.2) is 0 Å². The molecule has 24 heavy (non-hydrogen) atoms. The van der Waals surface area contributed by atoms with Gasteiger partial charge in [-0.25, -0.2) is 9.78 Å². The van der Waals surface area contributed by atoms with Crippen molar-refractivity contribution in [3.63, 3.8) is 0 Å². The van der Waals surface area contributed by atoms with Crippen LogP contribution >= 0.6 is 15.9 Å². The molecule has 0 aliphatic carbocycles. The van der Waals surface area contributed by atoms with E-state index in [1.807, 2.05) is 19.1 Å². The molecular formula is C17H14BrN3O3. The number of nitrogens with one attached hydrogen (secondary N) is 1. The standard InChI is InChI=1S/C17H14BrN3O3/c1-2-12-15(21-9-10(18)7-8-14(21)19-12)16(22)20-13-6-4-3-5-11(13)17(23)24/h3-9H,2H2,1H3,(H,20,22)(H,23,24). The van der Waals surface area contributed by atoms with Crippen molar-refractivity contribution in [1.82, 2.24) is 9.38 Å². The fourth-order valence-electron chi connectivity index (χ4n) is 2.51. The highest BCUT2D eigenvalue weighted by molar-refractivity contribution is 9.10. The number of para-hydroxylation sites is 1. The van der Waals surface area contributed by atoms with Crippen LogP contribution < -0.4 is 5.32 Å². The SMILES string of the molecule is CCc1nc2ccc(Br)cn2c1C(=O)Nc1ccccc1C(=O)O. The number of benzene rings is 1. The van der Waals surface area contributed by atoms with Crippen LogP contribution in [0.3, 0.4) is 0 Å². The normalized spacial score (nSPS) is 10.8. The Labute approximate surface area is 146 Å². The minimum atomic E-state index is -1.09. The molecule has 2 aromatic heterocycles. The Morgan fingerprint density at radius 2 is 2.00 bits per heavy atom. The first-order valence-electron chi connectivity index (χ1n) is 7.31. The summed E-state index contributed by atoms with van der Waals surface area (Å²) < 4.78 is 2.51. The molecule has 3 rings (SSSR count). The summed E-state index contributed by atoms with van der Waals surface area (Å²) in [7, 11) is 0. The van der Waals surface area contributed by atoms with Gasteiger partial charge in [-0.3, -0.25) is 9.20 Å². The number of imidazole rings is 1. The number of anilines is 1. The molecule has 0 radical (unpaired) electrons. The van der Waals surface area contributed by atoms with Crippen LogP contribution in [0.5, 0.6) is 0 Å². The van der Waals surface area contributed by atoms with Gasteiger partial charge in [0.2, 0.25) is 0 Å². The lowest BCUT2D eigenvalue weighted by Gasteiger charge is -2.09. The number of hydrogen-bond donors (Lipinski definition) is 2. The van der Waals surface area contributed by atoms with Crippen LogP contribution in [0.2, 0.25) is 0 Å². The van der Waals surface area contributed by atoms with Gasteiger partial charge in [-0.1, -0.05) is 19.1 Å². The van der Waals surface area contributed by atoms with Crippen LogP contribution in [0.25, 0.3) is 5.65 Å². The molecule has 0 fully saturated rings. The largest absolute Gasteiger partial charge is 0.478 e. The minimum Gasteiger partial charge on any atom is -0.478 e. The highest BCUT2D eigenvalue weighted by Crippen LogP contribution is 2.21. The summed E-state index contributed by atoms with van der Waals surface area (Å²) in [6, 6.07) is 9.96. The molecule has 0 spiro atoms. The predicted octanol–water partition coefficient (Wildman–Crippen LogP) is 3.61. The van der Waals surface area contributed by atoms with Crippen LogP contribution in [0.15, 0.2) is 47.1 Å². The second-order valence-corrected chi connectivity index (χ2v) is 6.06. The van der Waals surface area contributed by atoms with Gasteiger partial charge < -0.3 is 10.4 Å². The summed E-state index contributed by atoms with van der Waals surface area (Å²) in [6.45, 7) is 1.92. The Balaban J connectivity index is 2.06. The van der Waals surface area contributed by atoms with Gasteiger partial charge in [-0.15, -0.1) is 0 Å². The average Bonchev–Trinajstić information content (AvgIpc) is 2.92. The molecular weight excluding hydrogens is 374 g/mol. The zero-order chi connectivity index (χ0) is 17.3. The summed E-state index contributed by atoms with van der Waals surface area (Å²) in [4.78, 5) is 28.5. The summed E-state index contributed by atoms with van der Waals surface area (Å²) in [5, 5.41) is 11.9. The van der Waals surface area contributed by atoms with E-state index in [0.717, 1.165) is 4.47 Å². The van der Waals surface area contributed by atoms with Crippen LogP contribution in [0.4, 0.5) is 5.69 Å². The average molecular weight is 388 g/mol. The highest BCUT2D eigenvalue weighted by Gasteiger charge is 2.20. The molecule has 0 unspecified atom stereocenters. The number of pyridine rings is 1. The van der Waals surface area contributed by atoms with E-state index in [4.69, 9.17) is 0 Å². The number of carbonyl (C=O) groups is 2. The molecule has 0 atom stereocenters. The van der Waals surface area contributed by atoms with E-state index in [9.17, 15) is 14.7 Å². The van der Waals surface area contributed by atoms with E-state index in [1.54, 1.807) is 28.8 Å². The summed E-state index contributed by atoms with van der Waals surface area (Å²) >= 11 is 3.39. The Kier molecular flexibility index (Phi) is 4.35. The summed E-state index contributed by atoms with van der Waals surface area (Å²) in [5.41, 5.74) is 2.00. The smallest absolute Gasteiger partial charge is 0.337 e. The summed E-state index contributed by atoms with van der Waals surface area (Å²) in [5.74, 6) is -1.49. The lowest BCUT2D eigenvalue weighted by Crippen LogP contribution is -2.18. The van der Waals surface area contributed by atoms with Gasteiger partial charge in [-0.2, -0.15) is 0 Å². The van der Waals surface area contributed by atoms with Crippen LogP contribution in [0.1, 0.15) is 33.5 Å². The van der Waals surface area contributed by atoms with Crippen LogP contribution in [-0.2, 0) is 6.42 Å². The molecule has 3 aromatic rings. The Morgan fingerprint density at radius 3 is 2.71 bits per heavy atom. The zero-order valence-corrected chi connectivity index (χ0v) is 14.4. The number of halogens is 1. The third-order valence-corrected chi connectivity index (χ3v) is 4.08. The molecule has 0 aliphatic heterocycles. The van der Waals surface area contributed by atoms with Gasteiger partial charge in [0.25, 0.3) is 5.91 Å². The maximum absolute atomic E-state index is 12.8. The highest BCUT2D eigenvalue weighted by atomic mass is 79.9. The van der Waals surface area contributed by atoms with E-state index in [-0.39, 0.29) is 11.3 Å². The maximum atomic E-state index is 12.8. The van der Waals surface area contributed by atoms with E-state index < -0.39 is 11.9 Å². The van der Waals surface area contributed by atoms with Gasteiger partial charge >= 0.3 is 5.97 Å². The number of nitrogens with zero attached hydrogens (tertiary/aromatic N) is 2. The van der Waals surface area contributed by atoms with Crippen molar-refractivity contribution >= 4 is 39.1 Å². The third kappa shape index (κ3) is 2.90. The number of carboxylic acids is 1. The van der Waals surface area contributed by atoms with E-state index in [0.29, 0.717) is 23.5 Å². The third-order valence-electron chi connectivity index (χ3n) is 3.61.